The molecule has 7 heteroatoms. The third kappa shape index (κ3) is 2.06. The minimum Gasteiger partial charge on any atom is -0.381 e. The molecule has 2 heterocycles. The molecule has 1 N–H and O–H groups in total. The van der Waals surface area contributed by atoms with Gasteiger partial charge in [0, 0.05) is 13.8 Å². The molecule has 0 aromatic rings. The molecule has 0 spiro atoms. The van der Waals surface area contributed by atoms with Crippen LogP contribution in [0.2, 0.25) is 0 Å². The molecule has 2 aliphatic heterocycles. The van der Waals surface area contributed by atoms with Gasteiger partial charge in [-0.05, 0) is 6.92 Å². The summed E-state index contributed by atoms with van der Waals surface area (Å²) in [5, 5.41) is 0. The van der Waals surface area contributed by atoms with Crippen LogP contribution in [0.3, 0.4) is 0 Å². The Balaban J connectivity index is 2.19. The highest BCUT2D eigenvalue weighted by Gasteiger charge is 2.62. The van der Waals surface area contributed by atoms with Gasteiger partial charge in [0.15, 0.2) is 0 Å². The molecule has 16 heavy (non-hydrogen) atoms. The lowest BCUT2D eigenvalue weighted by molar-refractivity contribution is -0.158. The smallest absolute Gasteiger partial charge is 0.325 e. The number of hydrogen-bond acceptors (Lipinski definition) is 5. The summed E-state index contributed by atoms with van der Waals surface area (Å²) in [7, 11) is -2.01. The van der Waals surface area contributed by atoms with E-state index < -0.39 is 19.3 Å². The van der Waals surface area contributed by atoms with Crippen LogP contribution >= 0.6 is 7.60 Å². The second kappa shape index (κ2) is 4.05. The summed E-state index contributed by atoms with van der Waals surface area (Å²) >= 11 is 0. The Labute approximate surface area is 94.4 Å². The molecule has 2 bridgehead atoms. The lowest BCUT2D eigenvalue weighted by atomic mass is 10.00. The Bertz CT molecular complexity index is 315. The minimum atomic E-state index is -3.56. The molecular weight excluding hydrogens is 235 g/mol. The second-order valence-corrected chi connectivity index (χ2v) is 6.24. The maximum absolute atomic E-state index is 11.3. The zero-order valence-electron chi connectivity index (χ0n) is 9.58. The molecule has 0 saturated carbocycles. The van der Waals surface area contributed by atoms with Crippen LogP contribution in [0.25, 0.3) is 0 Å². The van der Waals surface area contributed by atoms with Gasteiger partial charge in [-0.1, -0.05) is 0 Å². The zero-order valence-corrected chi connectivity index (χ0v) is 10.5. The molecule has 5 atom stereocenters. The summed E-state index contributed by atoms with van der Waals surface area (Å²) < 4.78 is 32.9. The highest BCUT2D eigenvalue weighted by molar-refractivity contribution is 7.51. The highest BCUT2D eigenvalue weighted by atomic mass is 31.2. The normalized spacial score (nSPS) is 45.9. The molecular formula is C9H17O6P. The van der Waals surface area contributed by atoms with Gasteiger partial charge in [0.1, 0.15) is 17.8 Å². The van der Waals surface area contributed by atoms with E-state index in [1.165, 1.54) is 0 Å². The van der Waals surface area contributed by atoms with E-state index in [9.17, 15) is 9.46 Å². The monoisotopic (exact) mass is 252 g/mol. The molecule has 2 saturated heterocycles. The van der Waals surface area contributed by atoms with Crippen LogP contribution in [0.5, 0.6) is 0 Å². The van der Waals surface area contributed by atoms with Crippen molar-refractivity contribution in [3.63, 3.8) is 0 Å². The number of ether oxygens (including phenoxy) is 3. The molecule has 0 aromatic carbocycles. The van der Waals surface area contributed by atoms with Gasteiger partial charge < -0.3 is 19.1 Å². The van der Waals surface area contributed by atoms with Gasteiger partial charge in [0.25, 0.3) is 0 Å². The average molecular weight is 252 g/mol. The third-order valence-corrected chi connectivity index (χ3v) is 3.54. The van der Waals surface area contributed by atoms with E-state index in [0.717, 1.165) is 6.66 Å². The van der Waals surface area contributed by atoms with Crippen molar-refractivity contribution >= 4 is 7.60 Å². The zero-order chi connectivity index (χ0) is 12.0. The van der Waals surface area contributed by atoms with Gasteiger partial charge in [-0.3, -0.25) is 9.09 Å². The Morgan fingerprint density at radius 3 is 2.81 bits per heavy atom. The first kappa shape index (κ1) is 12.5. The summed E-state index contributed by atoms with van der Waals surface area (Å²) in [5.41, 5.74) is -0.743. The fourth-order valence-electron chi connectivity index (χ4n) is 2.40. The van der Waals surface area contributed by atoms with Gasteiger partial charge >= 0.3 is 7.60 Å². The fraction of sp³-hybridized carbons (Fsp3) is 1.00. The van der Waals surface area contributed by atoms with Crippen LogP contribution in [-0.2, 0) is 23.3 Å². The molecule has 2 unspecified atom stereocenters. The van der Waals surface area contributed by atoms with Gasteiger partial charge in [-0.2, -0.15) is 0 Å². The second-order valence-electron chi connectivity index (χ2n) is 4.43. The summed E-state index contributed by atoms with van der Waals surface area (Å²) in [4.78, 5) is 9.29. The molecule has 6 nitrogen and oxygen atoms in total. The fourth-order valence-corrected chi connectivity index (χ4v) is 3.13. The maximum Gasteiger partial charge on any atom is 0.325 e. The molecule has 0 aromatic heterocycles. The quantitative estimate of drug-likeness (QED) is 0.729. The number of rotatable bonds is 4. The van der Waals surface area contributed by atoms with Crippen molar-refractivity contribution in [2.24, 2.45) is 0 Å². The number of fused-ring (bicyclic) bond motifs is 2. The van der Waals surface area contributed by atoms with E-state index in [-0.39, 0.29) is 12.2 Å². The van der Waals surface area contributed by atoms with E-state index >= 15 is 0 Å². The van der Waals surface area contributed by atoms with E-state index in [4.69, 9.17) is 18.7 Å². The van der Waals surface area contributed by atoms with Crippen LogP contribution in [0, 0.1) is 0 Å². The SMILES string of the molecule is COCC12CO[C@@H]([C@H](C)O1)[C@H]2OP(C)(=O)O. The lowest BCUT2D eigenvalue weighted by Gasteiger charge is -2.29. The minimum absolute atomic E-state index is 0.152. The first-order valence-electron chi connectivity index (χ1n) is 5.15. The Hall–Kier alpha value is 0.0300. The van der Waals surface area contributed by atoms with Crippen molar-refractivity contribution in [1.29, 1.82) is 0 Å². The van der Waals surface area contributed by atoms with Gasteiger partial charge in [0.05, 0.1) is 19.3 Å². The standard InChI is InChI=1S/C9H17O6P/c1-6-7-8(15-16(3,10)11)9(14-6,4-12-2)5-13-7/h6-8H,4-5H2,1-3H3,(H,10,11)/t6-,7-,8+,9?/m0/s1. The van der Waals surface area contributed by atoms with Crippen molar-refractivity contribution in [3.05, 3.63) is 0 Å². The van der Waals surface area contributed by atoms with Crippen LogP contribution in [0.1, 0.15) is 6.92 Å². The van der Waals surface area contributed by atoms with E-state index in [1.54, 1.807) is 7.11 Å². The van der Waals surface area contributed by atoms with Gasteiger partial charge in [-0.15, -0.1) is 0 Å². The van der Waals surface area contributed by atoms with Gasteiger partial charge in [-0.25, -0.2) is 0 Å². The summed E-state index contributed by atoms with van der Waals surface area (Å²) in [6.45, 7) is 3.64. The van der Waals surface area contributed by atoms with Crippen molar-refractivity contribution in [2.45, 2.75) is 30.8 Å². The van der Waals surface area contributed by atoms with E-state index in [1.807, 2.05) is 6.92 Å². The van der Waals surface area contributed by atoms with Crippen molar-refractivity contribution in [1.82, 2.24) is 0 Å². The Kier molecular flexibility index (Phi) is 3.16. The largest absolute Gasteiger partial charge is 0.381 e. The summed E-state index contributed by atoms with van der Waals surface area (Å²) in [6, 6.07) is 0. The molecule has 94 valence electrons. The molecule has 0 aliphatic carbocycles. The van der Waals surface area contributed by atoms with E-state index in [0.29, 0.717) is 13.2 Å². The summed E-state index contributed by atoms with van der Waals surface area (Å²) in [6.07, 6.45) is -0.987. The van der Waals surface area contributed by atoms with Crippen LogP contribution < -0.4 is 0 Å². The first-order valence-corrected chi connectivity index (χ1v) is 7.17. The third-order valence-electron chi connectivity index (χ3n) is 2.92. The van der Waals surface area contributed by atoms with Crippen molar-refractivity contribution in [3.8, 4) is 0 Å². The maximum atomic E-state index is 11.3. The van der Waals surface area contributed by atoms with Crippen LogP contribution in [0.15, 0.2) is 0 Å². The molecule has 0 amide bonds. The predicted molar refractivity (Wildman–Crippen MR) is 55.5 cm³/mol. The molecule has 2 rings (SSSR count). The van der Waals surface area contributed by atoms with Gasteiger partial charge in [0.2, 0.25) is 0 Å². The average Bonchev–Trinajstić information content (AvgIpc) is 2.54. The number of hydrogen-bond donors (Lipinski definition) is 1. The topological polar surface area (TPSA) is 74.2 Å². The van der Waals surface area contributed by atoms with Crippen LogP contribution in [-0.4, -0.2) is 55.8 Å². The Morgan fingerprint density at radius 2 is 2.31 bits per heavy atom. The van der Waals surface area contributed by atoms with Crippen molar-refractivity contribution < 1.29 is 28.2 Å². The lowest BCUT2D eigenvalue weighted by Crippen LogP contribution is -2.45. The summed E-state index contributed by atoms with van der Waals surface area (Å²) in [5.74, 6) is 0. The molecule has 2 fully saturated rings. The first-order chi connectivity index (χ1) is 7.38. The van der Waals surface area contributed by atoms with E-state index in [2.05, 4.69) is 0 Å². The van der Waals surface area contributed by atoms with Crippen LogP contribution in [0.4, 0.5) is 0 Å². The highest BCUT2D eigenvalue weighted by Crippen LogP contribution is 2.49. The number of methoxy groups -OCH3 is 1. The van der Waals surface area contributed by atoms with Crippen molar-refractivity contribution in [2.75, 3.05) is 27.0 Å². The predicted octanol–water partition coefficient (Wildman–Crippen LogP) is 0.389. The molecule has 0 radical (unpaired) electrons. The Morgan fingerprint density at radius 1 is 1.62 bits per heavy atom. The molecule has 2 aliphatic rings.